The first-order valence-electron chi connectivity index (χ1n) is 7.82. The summed E-state index contributed by atoms with van der Waals surface area (Å²) in [6.07, 6.45) is 8.65. The minimum absolute atomic E-state index is 0.180. The number of fused-ring (bicyclic) bond motifs is 2. The number of rotatable bonds is 4. The molecular weight excluding hydrogens is 246 g/mol. The topological polar surface area (TPSA) is 29.1 Å². The van der Waals surface area contributed by atoms with Gasteiger partial charge in [-0.15, -0.1) is 0 Å². The van der Waals surface area contributed by atoms with Crippen LogP contribution in [0.15, 0.2) is 30.4 Å². The summed E-state index contributed by atoms with van der Waals surface area (Å²) in [5, 5.41) is 3.23. The summed E-state index contributed by atoms with van der Waals surface area (Å²) in [6.45, 7) is 4.29. The Morgan fingerprint density at radius 2 is 1.85 bits per heavy atom. The zero-order valence-corrected chi connectivity index (χ0v) is 12.4. The van der Waals surface area contributed by atoms with E-state index in [0.29, 0.717) is 11.8 Å². The largest absolute Gasteiger partial charge is 0.325 e. The highest BCUT2D eigenvalue weighted by atomic mass is 16.1. The molecule has 2 heteroatoms. The lowest BCUT2D eigenvalue weighted by molar-refractivity contribution is -0.120. The summed E-state index contributed by atoms with van der Waals surface area (Å²) in [4.78, 5) is 12.6. The van der Waals surface area contributed by atoms with Crippen LogP contribution in [0.1, 0.15) is 37.8 Å². The van der Waals surface area contributed by atoms with E-state index < -0.39 is 0 Å². The van der Waals surface area contributed by atoms with Gasteiger partial charge in [0.05, 0.1) is 0 Å². The van der Waals surface area contributed by atoms with Crippen LogP contribution in [0.5, 0.6) is 0 Å². The summed E-state index contributed by atoms with van der Waals surface area (Å²) < 4.78 is 0. The average molecular weight is 269 g/mol. The Bertz CT molecular complexity index is 524. The van der Waals surface area contributed by atoms with Gasteiger partial charge in [0.1, 0.15) is 0 Å². The fourth-order valence-corrected chi connectivity index (χ4v) is 3.70. The van der Waals surface area contributed by atoms with Gasteiger partial charge < -0.3 is 5.32 Å². The number of nitrogens with one attached hydrogen (secondary N) is 1. The molecule has 1 N–H and O–H groups in total. The van der Waals surface area contributed by atoms with Crippen LogP contribution in [-0.4, -0.2) is 5.91 Å². The van der Waals surface area contributed by atoms with Crippen molar-refractivity contribution in [1.82, 2.24) is 0 Å². The van der Waals surface area contributed by atoms with Gasteiger partial charge in [-0.1, -0.05) is 44.2 Å². The van der Waals surface area contributed by atoms with E-state index in [0.717, 1.165) is 24.9 Å². The minimum atomic E-state index is 0.180. The number of hydrogen-bond donors (Lipinski definition) is 1. The quantitative estimate of drug-likeness (QED) is 0.824. The van der Waals surface area contributed by atoms with Crippen molar-refractivity contribution in [1.29, 1.82) is 0 Å². The van der Waals surface area contributed by atoms with Crippen LogP contribution in [0.2, 0.25) is 0 Å². The summed E-state index contributed by atoms with van der Waals surface area (Å²) in [5.74, 6) is 1.51. The van der Waals surface area contributed by atoms with Gasteiger partial charge in [0.25, 0.3) is 0 Å². The smallest absolute Gasteiger partial charge is 0.228 e. The number of hydrogen-bond acceptors (Lipinski definition) is 1. The predicted molar refractivity (Wildman–Crippen MR) is 82.7 cm³/mol. The van der Waals surface area contributed by atoms with E-state index in [1.54, 1.807) is 0 Å². The summed E-state index contributed by atoms with van der Waals surface area (Å²) in [5.41, 5.74) is 3.56. The normalized spacial score (nSPS) is 27.0. The number of benzene rings is 1. The molecule has 2 aliphatic rings. The first-order valence-corrected chi connectivity index (χ1v) is 7.82. The maximum atomic E-state index is 12.6. The van der Waals surface area contributed by atoms with Gasteiger partial charge in [-0.05, 0) is 48.6 Å². The van der Waals surface area contributed by atoms with Crippen molar-refractivity contribution < 1.29 is 4.79 Å². The van der Waals surface area contributed by atoms with Crippen molar-refractivity contribution >= 4 is 11.6 Å². The van der Waals surface area contributed by atoms with Gasteiger partial charge in [-0.25, -0.2) is 0 Å². The number of anilines is 1. The predicted octanol–water partition coefficient (Wildman–Crippen LogP) is 3.96. The van der Waals surface area contributed by atoms with E-state index in [4.69, 9.17) is 0 Å². The number of carbonyl (C=O) groups is 1. The first-order chi connectivity index (χ1) is 9.72. The average Bonchev–Trinajstić information content (AvgIpc) is 3.10. The molecule has 0 aliphatic heterocycles. The molecule has 1 aromatic rings. The second-order valence-electron chi connectivity index (χ2n) is 6.03. The third-order valence-corrected chi connectivity index (χ3v) is 4.86. The maximum Gasteiger partial charge on any atom is 0.228 e. The van der Waals surface area contributed by atoms with Crippen molar-refractivity contribution in [3.05, 3.63) is 41.5 Å². The maximum absolute atomic E-state index is 12.6. The lowest BCUT2D eigenvalue weighted by atomic mass is 9.92. The molecule has 20 heavy (non-hydrogen) atoms. The molecule has 0 aromatic heterocycles. The van der Waals surface area contributed by atoms with Crippen LogP contribution in [-0.2, 0) is 17.6 Å². The molecule has 0 radical (unpaired) electrons. The molecule has 1 amide bonds. The Labute approximate surface area is 121 Å². The summed E-state index contributed by atoms with van der Waals surface area (Å²) in [6, 6.07) is 6.33. The molecule has 2 aliphatic carbocycles. The molecule has 106 valence electrons. The van der Waals surface area contributed by atoms with E-state index in [2.05, 4.69) is 49.5 Å². The van der Waals surface area contributed by atoms with Crippen molar-refractivity contribution in [3.8, 4) is 0 Å². The Hall–Kier alpha value is -1.57. The Kier molecular flexibility index (Phi) is 3.64. The van der Waals surface area contributed by atoms with Gasteiger partial charge >= 0.3 is 0 Å². The van der Waals surface area contributed by atoms with E-state index in [9.17, 15) is 4.79 Å². The SMILES string of the molecule is CCc1cccc(CC)c1NC(=O)[C@H]1C[C@H]2C=C[C@H]1C2. The Morgan fingerprint density at radius 1 is 1.15 bits per heavy atom. The molecule has 2 nitrogen and oxygen atoms in total. The number of amides is 1. The fraction of sp³-hybridized carbons (Fsp3) is 0.500. The van der Waals surface area contributed by atoms with Crippen LogP contribution in [0.4, 0.5) is 5.69 Å². The summed E-state index contributed by atoms with van der Waals surface area (Å²) >= 11 is 0. The highest BCUT2D eigenvalue weighted by Crippen LogP contribution is 2.44. The molecular formula is C18H23NO. The molecule has 3 atom stereocenters. The zero-order valence-electron chi connectivity index (χ0n) is 12.4. The van der Waals surface area contributed by atoms with Crippen LogP contribution in [0.25, 0.3) is 0 Å². The number of aryl methyl sites for hydroxylation is 2. The molecule has 1 fully saturated rings. The van der Waals surface area contributed by atoms with Gasteiger partial charge in [0, 0.05) is 11.6 Å². The first kappa shape index (κ1) is 13.4. The van der Waals surface area contributed by atoms with Gasteiger partial charge in [0.15, 0.2) is 0 Å². The monoisotopic (exact) mass is 269 g/mol. The van der Waals surface area contributed by atoms with Crippen LogP contribution < -0.4 is 5.32 Å². The minimum Gasteiger partial charge on any atom is -0.325 e. The molecule has 1 aromatic carbocycles. The van der Waals surface area contributed by atoms with Crippen molar-refractivity contribution in [2.45, 2.75) is 39.5 Å². The molecule has 2 bridgehead atoms. The van der Waals surface area contributed by atoms with Gasteiger partial charge in [0.2, 0.25) is 5.91 Å². The highest BCUT2D eigenvalue weighted by Gasteiger charge is 2.39. The third-order valence-electron chi connectivity index (χ3n) is 4.86. The van der Waals surface area contributed by atoms with E-state index in [1.165, 1.54) is 17.5 Å². The molecule has 0 spiro atoms. The van der Waals surface area contributed by atoms with Crippen LogP contribution in [0, 0.1) is 17.8 Å². The van der Waals surface area contributed by atoms with E-state index in [-0.39, 0.29) is 11.8 Å². The number of carbonyl (C=O) groups excluding carboxylic acids is 1. The third kappa shape index (κ3) is 2.28. The second-order valence-corrected chi connectivity index (χ2v) is 6.03. The summed E-state index contributed by atoms with van der Waals surface area (Å²) in [7, 11) is 0. The standard InChI is InChI=1S/C18H23NO/c1-3-13-6-5-7-14(4-2)17(13)19-18(20)16-11-12-8-9-15(16)10-12/h5-9,12,15-16H,3-4,10-11H2,1-2H3,(H,19,20)/t12-,15-,16-/m0/s1. The lowest BCUT2D eigenvalue weighted by Crippen LogP contribution is -2.26. The molecule has 0 saturated heterocycles. The van der Waals surface area contributed by atoms with Crippen molar-refractivity contribution in [2.75, 3.05) is 5.32 Å². The fourth-order valence-electron chi connectivity index (χ4n) is 3.70. The zero-order chi connectivity index (χ0) is 14.1. The number of allylic oxidation sites excluding steroid dienone is 2. The number of para-hydroxylation sites is 1. The lowest BCUT2D eigenvalue weighted by Gasteiger charge is -2.20. The molecule has 0 heterocycles. The molecule has 1 saturated carbocycles. The van der Waals surface area contributed by atoms with Gasteiger partial charge in [-0.3, -0.25) is 4.79 Å². The molecule has 3 rings (SSSR count). The van der Waals surface area contributed by atoms with E-state index >= 15 is 0 Å². The van der Waals surface area contributed by atoms with Gasteiger partial charge in [-0.2, -0.15) is 0 Å². The van der Waals surface area contributed by atoms with Crippen LogP contribution >= 0.6 is 0 Å². The highest BCUT2D eigenvalue weighted by molar-refractivity contribution is 5.94. The van der Waals surface area contributed by atoms with Crippen molar-refractivity contribution in [2.24, 2.45) is 17.8 Å². The van der Waals surface area contributed by atoms with E-state index in [1.807, 2.05) is 0 Å². The molecule has 0 unspecified atom stereocenters. The Balaban J connectivity index is 1.80. The van der Waals surface area contributed by atoms with Crippen molar-refractivity contribution in [3.63, 3.8) is 0 Å². The second kappa shape index (κ2) is 5.43. The van der Waals surface area contributed by atoms with Crippen LogP contribution in [0.3, 0.4) is 0 Å². The Morgan fingerprint density at radius 3 is 2.35 bits per heavy atom.